The highest BCUT2D eigenvalue weighted by Crippen LogP contribution is 2.34. The quantitative estimate of drug-likeness (QED) is 0.413. The van der Waals surface area contributed by atoms with Gasteiger partial charge >= 0.3 is 23.9 Å². The first-order valence-electron chi connectivity index (χ1n) is 9.40. The standard InChI is InChI=1S/C20H22Cl2O10/c1-9(23)27-8-16-17(28-10(2)24)18(29-11(3)25)19(30-12(4)26)20(32-16)31-15-6-5-13(21)7-14(15)22/h5-7,16-20H,8H2,1-4H3/t16-,17+,18-,19+,20+/m0/s1. The Morgan fingerprint density at radius 2 is 1.41 bits per heavy atom. The first-order chi connectivity index (χ1) is 15.0. The van der Waals surface area contributed by atoms with Gasteiger partial charge in [-0.3, -0.25) is 19.2 Å². The van der Waals surface area contributed by atoms with Crippen LogP contribution in [0, 0.1) is 0 Å². The summed E-state index contributed by atoms with van der Waals surface area (Å²) in [6.45, 7) is 4.19. The molecule has 176 valence electrons. The van der Waals surface area contributed by atoms with Crippen LogP contribution in [-0.2, 0) is 42.9 Å². The first kappa shape index (κ1) is 25.7. The van der Waals surface area contributed by atoms with Crippen molar-refractivity contribution in [3.8, 4) is 5.75 Å². The summed E-state index contributed by atoms with van der Waals surface area (Å²) in [4.78, 5) is 46.6. The molecule has 0 unspecified atom stereocenters. The van der Waals surface area contributed by atoms with Crippen LogP contribution in [0.15, 0.2) is 18.2 Å². The van der Waals surface area contributed by atoms with Crippen molar-refractivity contribution >= 4 is 47.1 Å². The second-order valence-corrected chi connectivity index (χ2v) is 7.60. The maximum absolute atomic E-state index is 11.8. The predicted molar refractivity (Wildman–Crippen MR) is 109 cm³/mol. The normalized spacial score (nSPS) is 24.8. The number of halogens is 2. The van der Waals surface area contributed by atoms with Crippen molar-refractivity contribution in [2.45, 2.75) is 58.4 Å². The molecular formula is C20H22Cl2O10. The van der Waals surface area contributed by atoms with Gasteiger partial charge in [0.15, 0.2) is 12.2 Å². The summed E-state index contributed by atoms with van der Waals surface area (Å²) in [5.41, 5.74) is 0. The lowest BCUT2D eigenvalue weighted by Gasteiger charge is -2.43. The maximum Gasteiger partial charge on any atom is 0.303 e. The van der Waals surface area contributed by atoms with E-state index >= 15 is 0 Å². The first-order valence-corrected chi connectivity index (χ1v) is 10.2. The highest BCUT2D eigenvalue weighted by atomic mass is 35.5. The minimum Gasteiger partial charge on any atom is -0.463 e. The van der Waals surface area contributed by atoms with Crippen molar-refractivity contribution < 1.29 is 47.6 Å². The van der Waals surface area contributed by atoms with Crippen LogP contribution in [0.2, 0.25) is 10.0 Å². The highest BCUT2D eigenvalue weighted by Gasteiger charge is 2.53. The minimum absolute atomic E-state index is 0.122. The largest absolute Gasteiger partial charge is 0.463 e. The van der Waals surface area contributed by atoms with E-state index in [0.717, 1.165) is 20.8 Å². The molecule has 0 N–H and O–H groups in total. The number of benzene rings is 1. The number of esters is 4. The van der Waals surface area contributed by atoms with Gasteiger partial charge in [-0.1, -0.05) is 23.2 Å². The molecule has 1 aliphatic heterocycles. The van der Waals surface area contributed by atoms with Crippen LogP contribution in [0.25, 0.3) is 0 Å². The Kier molecular flexibility index (Phi) is 9.11. The average Bonchev–Trinajstić information content (AvgIpc) is 2.65. The molecule has 1 aromatic rings. The Balaban J connectivity index is 2.47. The lowest BCUT2D eigenvalue weighted by molar-refractivity contribution is -0.288. The molecule has 0 aliphatic carbocycles. The molecule has 1 saturated heterocycles. The van der Waals surface area contributed by atoms with E-state index in [-0.39, 0.29) is 17.4 Å². The Bertz CT molecular complexity index is 874. The second-order valence-electron chi connectivity index (χ2n) is 6.76. The average molecular weight is 493 g/mol. The molecule has 0 amide bonds. The van der Waals surface area contributed by atoms with Crippen LogP contribution in [-0.4, -0.2) is 61.2 Å². The summed E-state index contributed by atoms with van der Waals surface area (Å²) in [6.07, 6.45) is -6.49. The van der Waals surface area contributed by atoms with Gasteiger partial charge in [0.2, 0.25) is 12.4 Å². The minimum atomic E-state index is -1.38. The predicted octanol–water partition coefficient (Wildman–Crippen LogP) is 2.46. The second kappa shape index (κ2) is 11.3. The summed E-state index contributed by atoms with van der Waals surface area (Å²) in [5, 5.41) is 0.481. The van der Waals surface area contributed by atoms with Crippen LogP contribution < -0.4 is 4.74 Å². The summed E-state index contributed by atoms with van der Waals surface area (Å²) in [5.74, 6) is -2.73. The molecule has 10 nitrogen and oxygen atoms in total. The molecular weight excluding hydrogens is 471 g/mol. The Morgan fingerprint density at radius 3 is 1.94 bits per heavy atom. The third-order valence-corrected chi connectivity index (χ3v) is 4.62. The molecule has 0 aromatic heterocycles. The molecule has 32 heavy (non-hydrogen) atoms. The molecule has 0 saturated carbocycles. The van der Waals surface area contributed by atoms with Crippen molar-refractivity contribution in [1.82, 2.24) is 0 Å². The van der Waals surface area contributed by atoms with Gasteiger partial charge in [0, 0.05) is 32.7 Å². The number of hydrogen-bond acceptors (Lipinski definition) is 10. The molecule has 1 fully saturated rings. The van der Waals surface area contributed by atoms with Crippen molar-refractivity contribution in [2.24, 2.45) is 0 Å². The van der Waals surface area contributed by atoms with E-state index < -0.39 is 54.6 Å². The fourth-order valence-corrected chi connectivity index (χ4v) is 3.43. The fraction of sp³-hybridized carbons (Fsp3) is 0.500. The molecule has 0 bridgehead atoms. The Morgan fingerprint density at radius 1 is 0.844 bits per heavy atom. The lowest BCUT2D eigenvalue weighted by atomic mass is 9.98. The zero-order valence-electron chi connectivity index (χ0n) is 17.7. The molecule has 5 atom stereocenters. The van der Waals surface area contributed by atoms with E-state index in [1.165, 1.54) is 25.1 Å². The van der Waals surface area contributed by atoms with Crippen molar-refractivity contribution in [2.75, 3.05) is 6.61 Å². The Labute approximate surface area is 193 Å². The van der Waals surface area contributed by atoms with Gasteiger partial charge in [-0.05, 0) is 18.2 Å². The number of rotatable bonds is 7. The summed E-state index contributed by atoms with van der Waals surface area (Å²) >= 11 is 12.1. The summed E-state index contributed by atoms with van der Waals surface area (Å²) in [6, 6.07) is 4.39. The lowest BCUT2D eigenvalue weighted by Crippen LogP contribution is -2.63. The van der Waals surface area contributed by atoms with Gasteiger partial charge in [0.1, 0.15) is 18.5 Å². The Hall–Kier alpha value is -2.56. The molecule has 1 heterocycles. The van der Waals surface area contributed by atoms with Crippen molar-refractivity contribution in [3.05, 3.63) is 28.2 Å². The monoisotopic (exact) mass is 492 g/mol. The summed E-state index contributed by atoms with van der Waals surface area (Å²) < 4.78 is 32.5. The van der Waals surface area contributed by atoms with Gasteiger partial charge in [0.05, 0.1) is 5.02 Å². The van der Waals surface area contributed by atoms with Crippen LogP contribution in [0.1, 0.15) is 27.7 Å². The topological polar surface area (TPSA) is 124 Å². The van der Waals surface area contributed by atoms with E-state index in [4.69, 9.17) is 51.6 Å². The molecule has 0 radical (unpaired) electrons. The van der Waals surface area contributed by atoms with E-state index in [9.17, 15) is 19.2 Å². The van der Waals surface area contributed by atoms with Gasteiger partial charge in [-0.2, -0.15) is 0 Å². The fourth-order valence-electron chi connectivity index (χ4n) is 2.98. The zero-order chi connectivity index (χ0) is 24.0. The SMILES string of the molecule is CC(=O)OC[C@@H]1O[C@@H](Oc2ccc(Cl)cc2Cl)[C@H](OC(C)=O)[C@@H](OC(C)=O)[C@@H]1OC(C)=O. The molecule has 1 aliphatic rings. The molecule has 1 aromatic carbocycles. The molecule has 12 heteroatoms. The number of carbonyl (C=O) groups is 4. The maximum atomic E-state index is 11.8. The van der Waals surface area contributed by atoms with Crippen LogP contribution in [0.4, 0.5) is 0 Å². The van der Waals surface area contributed by atoms with Gasteiger partial charge < -0.3 is 28.4 Å². The third-order valence-electron chi connectivity index (χ3n) is 4.09. The number of ether oxygens (including phenoxy) is 6. The smallest absolute Gasteiger partial charge is 0.303 e. The van der Waals surface area contributed by atoms with E-state index in [1.807, 2.05) is 0 Å². The van der Waals surface area contributed by atoms with Crippen LogP contribution in [0.3, 0.4) is 0 Å². The van der Waals surface area contributed by atoms with Gasteiger partial charge in [0.25, 0.3) is 0 Å². The molecule has 2 rings (SSSR count). The highest BCUT2D eigenvalue weighted by molar-refractivity contribution is 6.35. The summed E-state index contributed by atoms with van der Waals surface area (Å²) in [7, 11) is 0. The third kappa shape index (κ3) is 7.25. The number of hydrogen-bond donors (Lipinski definition) is 0. The van der Waals surface area contributed by atoms with Crippen LogP contribution >= 0.6 is 23.2 Å². The van der Waals surface area contributed by atoms with Crippen molar-refractivity contribution in [3.63, 3.8) is 0 Å². The molecule has 0 spiro atoms. The van der Waals surface area contributed by atoms with E-state index in [1.54, 1.807) is 0 Å². The van der Waals surface area contributed by atoms with Gasteiger partial charge in [-0.25, -0.2) is 0 Å². The van der Waals surface area contributed by atoms with Gasteiger partial charge in [-0.15, -0.1) is 0 Å². The van der Waals surface area contributed by atoms with Crippen molar-refractivity contribution in [1.29, 1.82) is 0 Å². The number of carbonyl (C=O) groups excluding carboxylic acids is 4. The van der Waals surface area contributed by atoms with Crippen LogP contribution in [0.5, 0.6) is 5.75 Å². The van der Waals surface area contributed by atoms with E-state index in [2.05, 4.69) is 0 Å². The zero-order valence-corrected chi connectivity index (χ0v) is 19.2. The van der Waals surface area contributed by atoms with E-state index in [0.29, 0.717) is 5.02 Å².